The lowest BCUT2D eigenvalue weighted by Crippen LogP contribution is -2.17. The molecule has 0 N–H and O–H groups in total. The van der Waals surface area contributed by atoms with Crippen molar-refractivity contribution in [3.05, 3.63) is 48.0 Å². The average molecular weight is 257 g/mol. The lowest BCUT2D eigenvalue weighted by molar-refractivity contribution is -0.119. The van der Waals surface area contributed by atoms with Crippen molar-refractivity contribution in [2.75, 3.05) is 0 Å². The molecule has 1 aromatic heterocycles. The highest BCUT2D eigenvalue weighted by Gasteiger charge is 2.18. The third-order valence-corrected chi connectivity index (χ3v) is 3.25. The normalized spacial score (nSPS) is 12.6. The van der Waals surface area contributed by atoms with E-state index in [0.717, 1.165) is 11.4 Å². The largest absolute Gasteiger partial charge is 0.299 e. The summed E-state index contributed by atoms with van der Waals surface area (Å²) in [6, 6.07) is 10.0. The summed E-state index contributed by atoms with van der Waals surface area (Å²) in [6.07, 6.45) is 1.84. The first-order valence-corrected chi connectivity index (χ1v) is 6.55. The second-order valence-electron chi connectivity index (χ2n) is 4.99. The van der Waals surface area contributed by atoms with Gasteiger partial charge in [0, 0.05) is 12.0 Å². The molecule has 2 aromatic rings. The fraction of sp³-hybridized carbons (Fsp3) is 0.400. The Morgan fingerprint density at radius 1 is 1.21 bits per heavy atom. The second kappa shape index (κ2) is 5.78. The molecule has 100 valence electrons. The fourth-order valence-electron chi connectivity index (χ4n) is 2.07. The third kappa shape index (κ3) is 3.08. The van der Waals surface area contributed by atoms with E-state index in [2.05, 4.69) is 10.1 Å². The van der Waals surface area contributed by atoms with Crippen molar-refractivity contribution in [3.8, 4) is 0 Å². The van der Waals surface area contributed by atoms with Gasteiger partial charge in [-0.05, 0) is 19.4 Å². The summed E-state index contributed by atoms with van der Waals surface area (Å²) in [7, 11) is 0. The van der Waals surface area contributed by atoms with Crippen LogP contribution in [0, 0.1) is 0 Å². The highest BCUT2D eigenvalue weighted by Crippen LogP contribution is 2.18. The third-order valence-electron chi connectivity index (χ3n) is 3.25. The Balaban J connectivity index is 2.11. The second-order valence-corrected chi connectivity index (χ2v) is 4.99. The van der Waals surface area contributed by atoms with E-state index in [1.165, 1.54) is 6.33 Å². The number of hydrogen-bond donors (Lipinski definition) is 0. The molecule has 1 heterocycles. The summed E-state index contributed by atoms with van der Waals surface area (Å²) in [6.45, 7) is 6.00. The number of hydrogen-bond acceptors (Lipinski definition) is 3. The first-order valence-electron chi connectivity index (χ1n) is 6.55. The van der Waals surface area contributed by atoms with Crippen LogP contribution in [0.2, 0.25) is 0 Å². The van der Waals surface area contributed by atoms with Gasteiger partial charge in [0.05, 0.1) is 6.42 Å². The Bertz CT molecular complexity index is 546. The van der Waals surface area contributed by atoms with Crippen molar-refractivity contribution in [2.45, 2.75) is 39.2 Å². The van der Waals surface area contributed by atoms with Crippen LogP contribution in [0.3, 0.4) is 0 Å². The first kappa shape index (κ1) is 13.5. The van der Waals surface area contributed by atoms with Gasteiger partial charge in [0.15, 0.2) is 0 Å². The molecular formula is C15H19N3O. The summed E-state index contributed by atoms with van der Waals surface area (Å²) in [5, 5.41) is 4.15. The Hall–Kier alpha value is -1.97. The highest BCUT2D eigenvalue weighted by atomic mass is 16.1. The summed E-state index contributed by atoms with van der Waals surface area (Å²) >= 11 is 0. The van der Waals surface area contributed by atoms with Crippen molar-refractivity contribution >= 4 is 5.78 Å². The van der Waals surface area contributed by atoms with Crippen LogP contribution in [0.25, 0.3) is 0 Å². The van der Waals surface area contributed by atoms with Gasteiger partial charge >= 0.3 is 0 Å². The molecule has 1 unspecified atom stereocenters. The molecule has 1 atom stereocenters. The van der Waals surface area contributed by atoms with Crippen LogP contribution in [0.15, 0.2) is 36.7 Å². The Labute approximate surface area is 113 Å². The number of carbonyl (C=O) groups excluding carboxylic acids is 1. The summed E-state index contributed by atoms with van der Waals surface area (Å²) in [4.78, 5) is 16.5. The zero-order chi connectivity index (χ0) is 13.8. The molecule has 1 aromatic carbocycles. The molecule has 2 rings (SSSR count). The van der Waals surface area contributed by atoms with Crippen LogP contribution in [0.5, 0.6) is 0 Å². The first-order chi connectivity index (χ1) is 9.09. The Kier molecular flexibility index (Phi) is 4.10. The monoisotopic (exact) mass is 257 g/mol. The average Bonchev–Trinajstić information content (AvgIpc) is 2.87. The minimum absolute atomic E-state index is 0.112. The van der Waals surface area contributed by atoms with Crippen molar-refractivity contribution in [1.29, 1.82) is 0 Å². The zero-order valence-corrected chi connectivity index (χ0v) is 11.6. The van der Waals surface area contributed by atoms with Gasteiger partial charge in [-0.15, -0.1) is 0 Å². The molecule has 0 aliphatic heterocycles. The van der Waals surface area contributed by atoms with Crippen LogP contribution in [-0.2, 0) is 11.2 Å². The molecule has 0 spiro atoms. The van der Waals surface area contributed by atoms with Crippen LogP contribution in [0.1, 0.15) is 44.1 Å². The van der Waals surface area contributed by atoms with Gasteiger partial charge in [0.25, 0.3) is 0 Å². The van der Waals surface area contributed by atoms with Crippen molar-refractivity contribution < 1.29 is 4.79 Å². The van der Waals surface area contributed by atoms with E-state index < -0.39 is 0 Å². The molecule has 0 saturated carbocycles. The molecule has 0 amide bonds. The quantitative estimate of drug-likeness (QED) is 0.827. The van der Waals surface area contributed by atoms with E-state index in [9.17, 15) is 4.79 Å². The molecular weight excluding hydrogens is 238 g/mol. The van der Waals surface area contributed by atoms with Crippen LogP contribution in [-0.4, -0.2) is 20.5 Å². The minimum Gasteiger partial charge on any atom is -0.299 e. The predicted octanol–water partition coefficient (Wildman–Crippen LogP) is 2.77. The van der Waals surface area contributed by atoms with E-state index in [1.807, 2.05) is 51.1 Å². The van der Waals surface area contributed by atoms with Gasteiger partial charge in [0.1, 0.15) is 17.9 Å². The number of carbonyl (C=O) groups is 1. The fourth-order valence-corrected chi connectivity index (χ4v) is 2.07. The Morgan fingerprint density at radius 3 is 2.53 bits per heavy atom. The van der Waals surface area contributed by atoms with Crippen molar-refractivity contribution in [2.24, 2.45) is 0 Å². The molecule has 0 aliphatic rings. The van der Waals surface area contributed by atoms with Gasteiger partial charge in [-0.3, -0.25) is 4.79 Å². The number of Topliss-reactive ketones (excluding diaryl/α,β-unsaturated/α-hetero) is 1. The minimum atomic E-state index is -0.112. The SMILES string of the molecule is CC(C(=O)Cc1ncnn1C(C)C)c1ccccc1. The van der Waals surface area contributed by atoms with Gasteiger partial charge in [0.2, 0.25) is 0 Å². The van der Waals surface area contributed by atoms with E-state index in [-0.39, 0.29) is 17.7 Å². The topological polar surface area (TPSA) is 47.8 Å². The zero-order valence-electron chi connectivity index (χ0n) is 11.6. The molecule has 0 fully saturated rings. The van der Waals surface area contributed by atoms with Gasteiger partial charge in [-0.1, -0.05) is 37.3 Å². The van der Waals surface area contributed by atoms with Crippen molar-refractivity contribution in [3.63, 3.8) is 0 Å². The number of aromatic nitrogens is 3. The lowest BCUT2D eigenvalue weighted by atomic mass is 9.95. The van der Waals surface area contributed by atoms with E-state index in [0.29, 0.717) is 6.42 Å². The smallest absolute Gasteiger partial charge is 0.147 e. The number of benzene rings is 1. The summed E-state index contributed by atoms with van der Waals surface area (Å²) in [5.41, 5.74) is 1.04. The van der Waals surface area contributed by atoms with Gasteiger partial charge in [-0.25, -0.2) is 9.67 Å². The van der Waals surface area contributed by atoms with Crippen LogP contribution < -0.4 is 0 Å². The van der Waals surface area contributed by atoms with Crippen LogP contribution in [0.4, 0.5) is 0 Å². The Morgan fingerprint density at radius 2 is 1.89 bits per heavy atom. The molecule has 0 saturated heterocycles. The highest BCUT2D eigenvalue weighted by molar-refractivity contribution is 5.86. The number of nitrogens with zero attached hydrogens (tertiary/aromatic N) is 3. The van der Waals surface area contributed by atoms with Crippen molar-refractivity contribution in [1.82, 2.24) is 14.8 Å². The van der Waals surface area contributed by atoms with Gasteiger partial charge in [-0.2, -0.15) is 5.10 Å². The maximum atomic E-state index is 12.3. The molecule has 0 bridgehead atoms. The van der Waals surface area contributed by atoms with Crippen LogP contribution >= 0.6 is 0 Å². The maximum absolute atomic E-state index is 12.3. The van der Waals surface area contributed by atoms with E-state index in [4.69, 9.17) is 0 Å². The molecule has 4 nitrogen and oxygen atoms in total. The lowest BCUT2D eigenvalue weighted by Gasteiger charge is -2.12. The number of rotatable bonds is 5. The standard InChI is InChI=1S/C15H19N3O/c1-11(2)18-15(16-10-17-18)9-14(19)12(3)13-7-5-4-6-8-13/h4-8,10-12H,9H2,1-3H3. The summed E-state index contributed by atoms with van der Waals surface area (Å²) in [5.74, 6) is 0.794. The van der Waals surface area contributed by atoms with E-state index in [1.54, 1.807) is 4.68 Å². The molecule has 0 aliphatic carbocycles. The predicted molar refractivity (Wildman–Crippen MR) is 74.0 cm³/mol. The molecule has 19 heavy (non-hydrogen) atoms. The van der Waals surface area contributed by atoms with E-state index >= 15 is 0 Å². The summed E-state index contributed by atoms with van der Waals surface area (Å²) < 4.78 is 1.80. The van der Waals surface area contributed by atoms with Gasteiger partial charge < -0.3 is 0 Å². The molecule has 0 radical (unpaired) electrons. The number of ketones is 1. The maximum Gasteiger partial charge on any atom is 0.147 e. The molecule has 4 heteroatoms.